The smallest absolute Gasteiger partial charge is 0.00675 e. The summed E-state index contributed by atoms with van der Waals surface area (Å²) in [6.07, 6.45) is 57.7. The first-order valence-corrected chi connectivity index (χ1v) is 22.6. The topological polar surface area (TPSA) is 0 Å². The highest BCUT2D eigenvalue weighted by molar-refractivity contribution is 7.99. The number of hydrogen-bond acceptors (Lipinski definition) is 1. The summed E-state index contributed by atoms with van der Waals surface area (Å²) >= 11 is 2.23. The normalized spacial score (nSPS) is 11.6. The molecule has 0 rings (SSSR count). The van der Waals surface area contributed by atoms with Gasteiger partial charge in [0.05, 0.1) is 0 Å². The van der Waals surface area contributed by atoms with Gasteiger partial charge in [-0.2, -0.15) is 11.8 Å². The maximum Gasteiger partial charge on any atom is -0.00675 e. The minimum absolute atomic E-state index is 1.37. The maximum absolute atomic E-state index is 2.31. The molecular formula is C43H88S. The Labute approximate surface area is 286 Å². The van der Waals surface area contributed by atoms with Crippen LogP contribution < -0.4 is 0 Å². The Kier molecular flexibility index (Phi) is 43.7. The van der Waals surface area contributed by atoms with Crippen molar-refractivity contribution >= 4 is 11.8 Å². The lowest BCUT2D eigenvalue weighted by Crippen LogP contribution is -1.87. The van der Waals surface area contributed by atoms with Gasteiger partial charge in [0.25, 0.3) is 0 Å². The highest BCUT2D eigenvalue weighted by Gasteiger charge is 1.98. The van der Waals surface area contributed by atoms with Crippen molar-refractivity contribution in [3.05, 3.63) is 0 Å². The van der Waals surface area contributed by atoms with Crippen LogP contribution in [-0.2, 0) is 0 Å². The van der Waals surface area contributed by atoms with Crippen LogP contribution in [0.15, 0.2) is 0 Å². The number of unbranched alkanes of at least 4 members (excludes halogenated alkanes) is 37. The van der Waals surface area contributed by atoms with Crippen molar-refractivity contribution in [1.82, 2.24) is 0 Å². The van der Waals surface area contributed by atoms with E-state index in [1.54, 1.807) is 0 Å². The van der Waals surface area contributed by atoms with Crippen LogP contribution in [0.2, 0.25) is 0 Å². The van der Waals surface area contributed by atoms with E-state index >= 15 is 0 Å². The molecule has 0 atom stereocenters. The van der Waals surface area contributed by atoms with Crippen LogP contribution in [0.25, 0.3) is 0 Å². The van der Waals surface area contributed by atoms with E-state index in [-0.39, 0.29) is 0 Å². The summed E-state index contributed by atoms with van der Waals surface area (Å²) in [5, 5.41) is 0. The summed E-state index contributed by atoms with van der Waals surface area (Å²) < 4.78 is 0. The Morgan fingerprint density at radius 1 is 0.182 bits per heavy atom. The molecule has 0 aliphatic carbocycles. The molecule has 0 bridgehead atoms. The van der Waals surface area contributed by atoms with Gasteiger partial charge in [0, 0.05) is 0 Å². The van der Waals surface area contributed by atoms with Crippen LogP contribution in [0.3, 0.4) is 0 Å². The first kappa shape index (κ1) is 44.4. The molecule has 0 aromatic rings. The van der Waals surface area contributed by atoms with E-state index in [2.05, 4.69) is 25.6 Å². The van der Waals surface area contributed by atoms with E-state index in [1.165, 1.54) is 262 Å². The van der Waals surface area contributed by atoms with Gasteiger partial charge >= 0.3 is 0 Å². The van der Waals surface area contributed by atoms with E-state index in [9.17, 15) is 0 Å². The fourth-order valence-electron chi connectivity index (χ4n) is 6.84. The highest BCUT2D eigenvalue weighted by Crippen LogP contribution is 2.17. The Morgan fingerprint density at radius 3 is 0.477 bits per heavy atom. The van der Waals surface area contributed by atoms with Gasteiger partial charge in [-0.15, -0.1) is 0 Å². The van der Waals surface area contributed by atoms with Crippen LogP contribution in [-0.4, -0.2) is 11.5 Å². The van der Waals surface area contributed by atoms with E-state index in [0.717, 1.165) is 0 Å². The molecule has 0 spiro atoms. The predicted octanol–water partition coefficient (Wildman–Crippen LogP) is 17.0. The molecular weight excluding hydrogens is 549 g/mol. The van der Waals surface area contributed by atoms with Gasteiger partial charge in [-0.05, 0) is 24.3 Å². The SMILES string of the molecule is CCCCCCCCCCCCCCCCCCCCCCCCCCCCSCCCCCCCCCCCCCCC. The van der Waals surface area contributed by atoms with Crippen LogP contribution in [0, 0.1) is 0 Å². The molecule has 0 unspecified atom stereocenters. The monoisotopic (exact) mass is 637 g/mol. The minimum Gasteiger partial charge on any atom is -0.162 e. The zero-order valence-electron chi connectivity index (χ0n) is 31.4. The summed E-state index contributed by atoms with van der Waals surface area (Å²) in [6, 6.07) is 0. The molecule has 0 saturated carbocycles. The first-order chi connectivity index (χ1) is 21.9. The molecule has 0 heterocycles. The van der Waals surface area contributed by atoms with Crippen LogP contribution in [0.1, 0.15) is 264 Å². The number of thioether (sulfide) groups is 1. The van der Waals surface area contributed by atoms with Gasteiger partial charge in [-0.1, -0.05) is 251 Å². The van der Waals surface area contributed by atoms with Gasteiger partial charge in [-0.25, -0.2) is 0 Å². The lowest BCUT2D eigenvalue weighted by molar-refractivity contribution is 0.516. The minimum atomic E-state index is 1.37. The van der Waals surface area contributed by atoms with Gasteiger partial charge in [-0.3, -0.25) is 0 Å². The Morgan fingerprint density at radius 2 is 0.318 bits per heavy atom. The van der Waals surface area contributed by atoms with Crippen molar-refractivity contribution in [2.45, 2.75) is 264 Å². The standard InChI is InChI=1S/C43H88S/c1-3-5-7-9-11-13-15-17-18-19-20-21-22-23-24-25-26-27-28-29-31-33-35-37-39-41-43-44-42-40-38-36-34-32-30-16-14-12-10-8-6-4-2/h3-43H2,1-2H3. The molecule has 0 fully saturated rings. The summed E-state index contributed by atoms with van der Waals surface area (Å²) in [7, 11) is 0. The van der Waals surface area contributed by atoms with Crippen molar-refractivity contribution < 1.29 is 0 Å². The molecule has 0 aromatic carbocycles. The molecule has 44 heavy (non-hydrogen) atoms. The molecule has 266 valence electrons. The molecule has 0 aliphatic heterocycles. The summed E-state index contributed by atoms with van der Waals surface area (Å²) in [5.41, 5.74) is 0. The van der Waals surface area contributed by atoms with Crippen LogP contribution >= 0.6 is 11.8 Å². The Balaban J connectivity index is 3.03. The van der Waals surface area contributed by atoms with Gasteiger partial charge in [0.1, 0.15) is 0 Å². The molecule has 0 N–H and O–H groups in total. The summed E-state index contributed by atoms with van der Waals surface area (Å²) in [6.45, 7) is 4.62. The lowest BCUT2D eigenvalue weighted by atomic mass is 10.0. The van der Waals surface area contributed by atoms with E-state index in [0.29, 0.717) is 0 Å². The molecule has 0 amide bonds. The molecule has 1 heteroatoms. The van der Waals surface area contributed by atoms with Gasteiger partial charge in [0.2, 0.25) is 0 Å². The van der Waals surface area contributed by atoms with Crippen molar-refractivity contribution in [1.29, 1.82) is 0 Å². The van der Waals surface area contributed by atoms with Gasteiger partial charge < -0.3 is 0 Å². The lowest BCUT2D eigenvalue weighted by Gasteiger charge is -2.05. The molecule has 0 saturated heterocycles. The van der Waals surface area contributed by atoms with Crippen molar-refractivity contribution in [3.63, 3.8) is 0 Å². The van der Waals surface area contributed by atoms with E-state index in [1.807, 2.05) is 0 Å². The highest BCUT2D eigenvalue weighted by atomic mass is 32.2. The van der Waals surface area contributed by atoms with Gasteiger partial charge in [0.15, 0.2) is 0 Å². The largest absolute Gasteiger partial charge is 0.162 e. The average molecular weight is 637 g/mol. The molecule has 0 nitrogen and oxygen atoms in total. The summed E-state index contributed by atoms with van der Waals surface area (Å²) in [5.74, 6) is 2.83. The predicted molar refractivity (Wildman–Crippen MR) is 209 cm³/mol. The second kappa shape index (κ2) is 43.4. The van der Waals surface area contributed by atoms with Crippen molar-refractivity contribution in [2.24, 2.45) is 0 Å². The summed E-state index contributed by atoms with van der Waals surface area (Å²) in [4.78, 5) is 0. The number of rotatable bonds is 41. The Bertz CT molecular complexity index is 418. The average Bonchev–Trinajstić information content (AvgIpc) is 3.04. The second-order valence-electron chi connectivity index (χ2n) is 14.7. The maximum atomic E-state index is 2.31. The third kappa shape index (κ3) is 42.3. The first-order valence-electron chi connectivity index (χ1n) is 21.5. The van der Waals surface area contributed by atoms with Crippen molar-refractivity contribution in [3.8, 4) is 0 Å². The Hall–Kier alpha value is 0.350. The molecule has 0 aliphatic rings. The fraction of sp³-hybridized carbons (Fsp3) is 1.00. The third-order valence-corrected chi connectivity index (χ3v) is 11.2. The third-order valence-electron chi connectivity index (χ3n) is 10.0. The van der Waals surface area contributed by atoms with Crippen LogP contribution in [0.4, 0.5) is 0 Å². The second-order valence-corrected chi connectivity index (χ2v) is 15.9. The van der Waals surface area contributed by atoms with Crippen LogP contribution in [0.5, 0.6) is 0 Å². The van der Waals surface area contributed by atoms with Crippen molar-refractivity contribution in [2.75, 3.05) is 11.5 Å². The molecule has 0 radical (unpaired) electrons. The van der Waals surface area contributed by atoms with E-state index < -0.39 is 0 Å². The number of hydrogen-bond donors (Lipinski definition) is 0. The van der Waals surface area contributed by atoms with E-state index in [4.69, 9.17) is 0 Å². The zero-order valence-corrected chi connectivity index (χ0v) is 32.2. The fourth-order valence-corrected chi connectivity index (χ4v) is 7.86. The zero-order chi connectivity index (χ0) is 31.7. The quantitative estimate of drug-likeness (QED) is 0.0602. The molecule has 0 aromatic heterocycles.